The van der Waals surface area contributed by atoms with Crippen LogP contribution in [0.2, 0.25) is 0 Å². The number of benzene rings is 8. The molecule has 4 nitrogen and oxygen atoms in total. The highest BCUT2D eigenvalue weighted by molar-refractivity contribution is 6.10. The Labute approximate surface area is 319 Å². The Morgan fingerprint density at radius 1 is 0.273 bits per heavy atom. The summed E-state index contributed by atoms with van der Waals surface area (Å²) in [5, 5.41) is 2.11. The molecule has 0 aliphatic heterocycles. The van der Waals surface area contributed by atoms with Gasteiger partial charge in [-0.05, 0) is 69.3 Å². The molecule has 2 heterocycles. The molecule has 0 spiro atoms. The van der Waals surface area contributed by atoms with Crippen molar-refractivity contribution in [3.05, 3.63) is 200 Å². The number of para-hydroxylation sites is 1. The van der Waals surface area contributed by atoms with Crippen LogP contribution in [0.25, 0.3) is 101 Å². The topological polar surface area (TPSA) is 51.8 Å². The Morgan fingerprint density at radius 3 is 1.20 bits per heavy atom. The predicted octanol–water partition coefficient (Wildman–Crippen LogP) is 13.4. The van der Waals surface area contributed by atoms with Crippen molar-refractivity contribution in [2.24, 2.45) is 0 Å². The fourth-order valence-electron chi connectivity index (χ4n) is 7.33. The molecule has 0 saturated heterocycles. The van der Waals surface area contributed by atoms with E-state index in [1.54, 1.807) is 0 Å². The first kappa shape index (κ1) is 32.2. The van der Waals surface area contributed by atoms with Crippen LogP contribution in [-0.2, 0) is 0 Å². The van der Waals surface area contributed by atoms with Crippen LogP contribution in [0.15, 0.2) is 205 Å². The minimum Gasteiger partial charge on any atom is -0.455 e. The molecule has 0 unspecified atom stereocenters. The minimum atomic E-state index is 0.595. The molecular weight excluding hydrogens is 671 g/mol. The van der Waals surface area contributed by atoms with Gasteiger partial charge in [-0.15, -0.1) is 0 Å². The standard InChI is InChI=1S/C51H33N3O/c1-5-14-34(15-6-1)41-30-42(35-16-7-2-8-17-35)32-43(31-41)36-24-26-37(27-25-36)44-22-13-23-46-45-29-28-40(33-47(45)55-48(44)46)51-53-49(38-18-9-3-10-19-38)52-50(54-51)39-20-11-4-12-21-39/h1-33H. The zero-order valence-electron chi connectivity index (χ0n) is 29.8. The largest absolute Gasteiger partial charge is 0.455 e. The van der Waals surface area contributed by atoms with Gasteiger partial charge in [0.25, 0.3) is 0 Å². The molecule has 0 aliphatic carbocycles. The number of hydrogen-bond donors (Lipinski definition) is 0. The second kappa shape index (κ2) is 13.8. The van der Waals surface area contributed by atoms with Crippen molar-refractivity contribution in [1.82, 2.24) is 15.0 Å². The van der Waals surface area contributed by atoms with E-state index in [1.807, 2.05) is 66.7 Å². The van der Waals surface area contributed by atoms with Gasteiger partial charge in [0.1, 0.15) is 11.2 Å². The summed E-state index contributed by atoms with van der Waals surface area (Å²) in [5.74, 6) is 1.85. The van der Waals surface area contributed by atoms with Crippen LogP contribution in [-0.4, -0.2) is 15.0 Å². The van der Waals surface area contributed by atoms with Gasteiger partial charge in [-0.2, -0.15) is 0 Å². The Kier molecular flexibility index (Phi) is 8.12. The summed E-state index contributed by atoms with van der Waals surface area (Å²) in [6.45, 7) is 0. The summed E-state index contributed by atoms with van der Waals surface area (Å²) in [4.78, 5) is 14.7. The molecule has 0 atom stereocenters. The molecule has 0 aliphatic rings. The van der Waals surface area contributed by atoms with Crippen LogP contribution >= 0.6 is 0 Å². The highest BCUT2D eigenvalue weighted by Crippen LogP contribution is 2.39. The average Bonchev–Trinajstić information content (AvgIpc) is 3.66. The second-order valence-electron chi connectivity index (χ2n) is 13.6. The summed E-state index contributed by atoms with van der Waals surface area (Å²) in [6, 6.07) is 69.5. The van der Waals surface area contributed by atoms with Crippen LogP contribution in [0, 0.1) is 0 Å². The van der Waals surface area contributed by atoms with Gasteiger partial charge in [0.15, 0.2) is 17.5 Å². The van der Waals surface area contributed by atoms with Gasteiger partial charge in [-0.3, -0.25) is 0 Å². The van der Waals surface area contributed by atoms with Crippen molar-refractivity contribution in [3.63, 3.8) is 0 Å². The summed E-state index contributed by atoms with van der Waals surface area (Å²) in [5.41, 5.74) is 13.6. The molecule has 0 amide bonds. The predicted molar refractivity (Wildman–Crippen MR) is 225 cm³/mol. The van der Waals surface area contributed by atoms with Crippen molar-refractivity contribution in [2.45, 2.75) is 0 Å². The van der Waals surface area contributed by atoms with E-state index in [0.717, 1.165) is 55.3 Å². The maximum absolute atomic E-state index is 6.70. The van der Waals surface area contributed by atoms with Crippen molar-refractivity contribution in [1.29, 1.82) is 0 Å². The molecular formula is C51H33N3O. The van der Waals surface area contributed by atoms with Crippen molar-refractivity contribution in [3.8, 4) is 78.7 Å². The lowest BCUT2D eigenvalue weighted by Gasteiger charge is -2.12. The maximum Gasteiger partial charge on any atom is 0.164 e. The van der Waals surface area contributed by atoms with Crippen LogP contribution in [0.3, 0.4) is 0 Å². The van der Waals surface area contributed by atoms with Gasteiger partial charge in [0, 0.05) is 33.0 Å². The highest BCUT2D eigenvalue weighted by Gasteiger charge is 2.17. The smallest absolute Gasteiger partial charge is 0.164 e. The molecule has 0 bridgehead atoms. The number of furan rings is 1. The lowest BCUT2D eigenvalue weighted by atomic mass is 9.92. The molecule has 10 rings (SSSR count). The van der Waals surface area contributed by atoms with Gasteiger partial charge in [-0.1, -0.05) is 170 Å². The lowest BCUT2D eigenvalue weighted by molar-refractivity contribution is 0.670. The molecule has 2 aromatic heterocycles. The Balaban J connectivity index is 1.03. The molecule has 0 radical (unpaired) electrons. The van der Waals surface area contributed by atoms with E-state index in [1.165, 1.54) is 27.8 Å². The number of rotatable bonds is 7. The normalized spacial score (nSPS) is 11.3. The summed E-state index contributed by atoms with van der Waals surface area (Å²) in [6.07, 6.45) is 0. The fraction of sp³-hybridized carbons (Fsp3) is 0. The first-order chi connectivity index (χ1) is 27.2. The van der Waals surface area contributed by atoms with E-state index in [-0.39, 0.29) is 0 Å². The number of hydrogen-bond acceptors (Lipinski definition) is 4. The quantitative estimate of drug-likeness (QED) is 0.166. The van der Waals surface area contributed by atoms with Gasteiger partial charge in [0.2, 0.25) is 0 Å². The SMILES string of the molecule is c1ccc(-c2cc(-c3ccccc3)cc(-c3ccc(-c4cccc5c4oc4cc(-c6nc(-c7ccccc7)nc(-c7ccccc7)n6)ccc45)cc3)c2)cc1. The first-order valence-corrected chi connectivity index (χ1v) is 18.4. The summed E-state index contributed by atoms with van der Waals surface area (Å²) < 4.78 is 6.70. The van der Waals surface area contributed by atoms with Gasteiger partial charge >= 0.3 is 0 Å². The van der Waals surface area contributed by atoms with Crippen molar-refractivity contribution < 1.29 is 4.42 Å². The van der Waals surface area contributed by atoms with Crippen molar-refractivity contribution >= 4 is 21.9 Å². The van der Waals surface area contributed by atoms with E-state index in [9.17, 15) is 0 Å². The number of aromatic nitrogens is 3. The molecule has 0 saturated carbocycles. The lowest BCUT2D eigenvalue weighted by Crippen LogP contribution is -2.00. The van der Waals surface area contributed by atoms with Gasteiger partial charge in [-0.25, -0.2) is 15.0 Å². The van der Waals surface area contributed by atoms with Crippen LogP contribution < -0.4 is 0 Å². The Bertz CT molecular complexity index is 2820. The molecule has 55 heavy (non-hydrogen) atoms. The molecule has 8 aromatic carbocycles. The second-order valence-corrected chi connectivity index (χ2v) is 13.6. The van der Waals surface area contributed by atoms with Gasteiger partial charge < -0.3 is 4.42 Å². The van der Waals surface area contributed by atoms with Crippen LogP contribution in [0.5, 0.6) is 0 Å². The molecule has 10 aromatic rings. The van der Waals surface area contributed by atoms with Crippen molar-refractivity contribution in [2.75, 3.05) is 0 Å². The molecule has 0 fully saturated rings. The molecule has 4 heteroatoms. The first-order valence-electron chi connectivity index (χ1n) is 18.4. The summed E-state index contributed by atoms with van der Waals surface area (Å²) >= 11 is 0. The van der Waals surface area contributed by atoms with E-state index >= 15 is 0 Å². The third-order valence-corrected chi connectivity index (χ3v) is 10.1. The Hall–Kier alpha value is -7.43. The monoisotopic (exact) mass is 703 g/mol. The summed E-state index contributed by atoms with van der Waals surface area (Å²) in [7, 11) is 0. The minimum absolute atomic E-state index is 0.595. The van der Waals surface area contributed by atoms with Crippen LogP contribution in [0.4, 0.5) is 0 Å². The highest BCUT2D eigenvalue weighted by atomic mass is 16.3. The van der Waals surface area contributed by atoms with E-state index in [2.05, 4.69) is 133 Å². The van der Waals surface area contributed by atoms with E-state index in [4.69, 9.17) is 19.4 Å². The molecule has 0 N–H and O–H groups in total. The maximum atomic E-state index is 6.70. The fourth-order valence-corrected chi connectivity index (χ4v) is 7.33. The molecule has 258 valence electrons. The van der Waals surface area contributed by atoms with Gasteiger partial charge in [0.05, 0.1) is 0 Å². The number of nitrogens with zero attached hydrogens (tertiary/aromatic N) is 3. The Morgan fingerprint density at radius 2 is 0.691 bits per heavy atom. The third kappa shape index (κ3) is 6.26. The van der Waals surface area contributed by atoms with E-state index < -0.39 is 0 Å². The average molecular weight is 704 g/mol. The zero-order valence-corrected chi connectivity index (χ0v) is 29.8. The number of fused-ring (bicyclic) bond motifs is 3. The van der Waals surface area contributed by atoms with Crippen LogP contribution in [0.1, 0.15) is 0 Å². The third-order valence-electron chi connectivity index (χ3n) is 10.1. The zero-order chi connectivity index (χ0) is 36.6. The van der Waals surface area contributed by atoms with E-state index in [0.29, 0.717) is 17.5 Å².